The summed E-state index contributed by atoms with van der Waals surface area (Å²) in [5, 5.41) is 0. The fraction of sp³-hybridized carbons (Fsp3) is 0.531. The lowest BCUT2D eigenvalue weighted by molar-refractivity contribution is 0.290. The Morgan fingerprint density at radius 1 is 0.686 bits per heavy atom. The first kappa shape index (κ1) is 29.1. The molecule has 0 aliphatic rings. The predicted octanol–water partition coefficient (Wildman–Crippen LogP) is 9.77. The number of thiocarbonyl (C=S) groups is 1. The Morgan fingerprint density at radius 2 is 1.23 bits per heavy atom. The van der Waals surface area contributed by atoms with Crippen LogP contribution in [0.1, 0.15) is 108 Å². The van der Waals surface area contributed by atoms with E-state index in [2.05, 4.69) is 63.2 Å². The maximum Gasteiger partial charge on any atom is 0.123 e. The van der Waals surface area contributed by atoms with Crippen LogP contribution in [0.2, 0.25) is 0 Å². The molecule has 35 heavy (non-hydrogen) atoms. The van der Waals surface area contributed by atoms with Gasteiger partial charge in [0, 0.05) is 10.9 Å². The summed E-state index contributed by atoms with van der Waals surface area (Å²) in [4.78, 5) is 0.841. The Balaban J connectivity index is 2.01. The van der Waals surface area contributed by atoms with E-state index in [1.165, 1.54) is 56.9 Å². The second kappa shape index (κ2) is 18.2. The first-order chi connectivity index (χ1) is 17.2. The molecule has 0 saturated carbocycles. The van der Waals surface area contributed by atoms with E-state index in [-0.39, 0.29) is 0 Å². The Bertz CT molecular complexity index is 835. The average molecular weight is 495 g/mol. The van der Waals surface area contributed by atoms with Gasteiger partial charge in [-0.3, -0.25) is 0 Å². The summed E-state index contributed by atoms with van der Waals surface area (Å²) in [6.45, 7) is 8.18. The van der Waals surface area contributed by atoms with Gasteiger partial charge in [0.25, 0.3) is 0 Å². The van der Waals surface area contributed by atoms with Crippen LogP contribution in [0.3, 0.4) is 0 Å². The van der Waals surface area contributed by atoms with Crippen LogP contribution in [0.4, 0.5) is 0 Å². The van der Waals surface area contributed by atoms with E-state index >= 15 is 0 Å². The van der Waals surface area contributed by atoms with Gasteiger partial charge in [0.2, 0.25) is 0 Å². The zero-order valence-electron chi connectivity index (χ0n) is 22.3. The van der Waals surface area contributed by atoms with Crippen molar-refractivity contribution in [2.75, 3.05) is 13.2 Å². The van der Waals surface area contributed by atoms with Gasteiger partial charge in [-0.1, -0.05) is 121 Å². The minimum atomic E-state index is 0.746. The van der Waals surface area contributed by atoms with E-state index in [0.29, 0.717) is 0 Å². The Labute approximate surface area is 220 Å². The Kier molecular flexibility index (Phi) is 15.1. The van der Waals surface area contributed by atoms with Crippen LogP contribution in [0.15, 0.2) is 48.5 Å². The lowest BCUT2D eigenvalue weighted by Gasteiger charge is -2.12. The number of hydrogen-bond acceptors (Lipinski definition) is 3. The first-order valence-corrected chi connectivity index (χ1v) is 14.3. The third-order valence-corrected chi connectivity index (χ3v) is 6.51. The third-order valence-electron chi connectivity index (χ3n) is 6.14. The molecule has 0 bridgehead atoms. The molecule has 192 valence electrons. The maximum atomic E-state index is 6.11. The van der Waals surface area contributed by atoms with Crippen LogP contribution in [0.5, 0.6) is 11.5 Å². The van der Waals surface area contributed by atoms with E-state index in [9.17, 15) is 0 Å². The number of unbranched alkanes of at least 4 members (excludes halogenated alkanes) is 8. The number of aryl methyl sites for hydroxylation is 1. The number of allylic oxidation sites excluding steroid dienone is 1. The molecule has 0 spiro atoms. The molecule has 0 aliphatic heterocycles. The fourth-order valence-corrected chi connectivity index (χ4v) is 4.24. The van der Waals surface area contributed by atoms with E-state index in [0.717, 1.165) is 66.4 Å². The van der Waals surface area contributed by atoms with Crippen LogP contribution in [0, 0.1) is 0 Å². The van der Waals surface area contributed by atoms with Crippen molar-refractivity contribution in [1.29, 1.82) is 0 Å². The van der Waals surface area contributed by atoms with Crippen LogP contribution in [0.25, 0.3) is 6.08 Å². The summed E-state index contributed by atoms with van der Waals surface area (Å²) in [6.07, 6.45) is 18.7. The molecule has 0 unspecified atom stereocenters. The molecule has 0 radical (unpaired) electrons. The highest BCUT2D eigenvalue weighted by atomic mass is 32.1. The van der Waals surface area contributed by atoms with Crippen LogP contribution in [-0.4, -0.2) is 18.1 Å². The van der Waals surface area contributed by atoms with E-state index in [1.807, 2.05) is 12.1 Å². The molecule has 2 rings (SSSR count). The molecule has 0 heterocycles. The number of hydrogen-bond donors (Lipinski definition) is 0. The van der Waals surface area contributed by atoms with Crippen LogP contribution in [-0.2, 0) is 6.42 Å². The van der Waals surface area contributed by atoms with Crippen LogP contribution >= 0.6 is 12.2 Å². The largest absolute Gasteiger partial charge is 0.493 e. The smallest absolute Gasteiger partial charge is 0.123 e. The minimum absolute atomic E-state index is 0.746. The topological polar surface area (TPSA) is 18.5 Å². The van der Waals surface area contributed by atoms with Crippen molar-refractivity contribution >= 4 is 23.2 Å². The van der Waals surface area contributed by atoms with Gasteiger partial charge in [-0.2, -0.15) is 0 Å². The molecule has 0 saturated heterocycles. The molecule has 0 fully saturated rings. The summed E-state index contributed by atoms with van der Waals surface area (Å²) in [6, 6.07) is 14.8. The number of benzene rings is 2. The van der Waals surface area contributed by atoms with E-state index < -0.39 is 0 Å². The molecule has 3 heteroatoms. The van der Waals surface area contributed by atoms with Crippen molar-refractivity contribution in [2.45, 2.75) is 97.8 Å². The van der Waals surface area contributed by atoms with E-state index in [4.69, 9.17) is 21.7 Å². The van der Waals surface area contributed by atoms with Gasteiger partial charge in [0.1, 0.15) is 11.5 Å². The zero-order chi connectivity index (χ0) is 25.1. The molecule has 0 N–H and O–H groups in total. The van der Waals surface area contributed by atoms with Crippen molar-refractivity contribution in [1.82, 2.24) is 0 Å². The van der Waals surface area contributed by atoms with Crippen molar-refractivity contribution in [2.24, 2.45) is 0 Å². The molecular formula is C32H46O2S. The zero-order valence-corrected chi connectivity index (χ0v) is 23.1. The predicted molar refractivity (Wildman–Crippen MR) is 156 cm³/mol. The number of ether oxygens (including phenoxy) is 2. The molecular weight excluding hydrogens is 448 g/mol. The van der Waals surface area contributed by atoms with Gasteiger partial charge in [0.05, 0.1) is 13.2 Å². The highest BCUT2D eigenvalue weighted by Gasteiger charge is 2.04. The van der Waals surface area contributed by atoms with Crippen molar-refractivity contribution in [3.05, 3.63) is 65.2 Å². The SMILES string of the molecule is CCCCCCCOc1cc(C=CC(=S)c2ccc(CCC)cc2)cc(OCCCCCCC)c1. The first-order valence-electron chi connectivity index (χ1n) is 13.9. The van der Waals surface area contributed by atoms with Crippen LogP contribution < -0.4 is 9.47 Å². The van der Waals surface area contributed by atoms with Gasteiger partial charge in [0.15, 0.2) is 0 Å². The quantitative estimate of drug-likeness (QED) is 0.0838. The molecule has 2 aromatic rings. The molecule has 2 nitrogen and oxygen atoms in total. The summed E-state index contributed by atoms with van der Waals surface area (Å²) in [7, 11) is 0. The summed E-state index contributed by atoms with van der Waals surface area (Å²) in [5.74, 6) is 1.75. The van der Waals surface area contributed by atoms with Gasteiger partial charge in [-0.05, 0) is 54.2 Å². The molecule has 0 amide bonds. The monoisotopic (exact) mass is 494 g/mol. The highest BCUT2D eigenvalue weighted by molar-refractivity contribution is 7.81. The summed E-state index contributed by atoms with van der Waals surface area (Å²) < 4.78 is 12.2. The normalized spacial score (nSPS) is 11.2. The molecule has 2 aromatic carbocycles. The highest BCUT2D eigenvalue weighted by Crippen LogP contribution is 2.25. The number of rotatable bonds is 19. The summed E-state index contributed by atoms with van der Waals surface area (Å²) in [5.41, 5.74) is 3.50. The molecule has 0 aliphatic carbocycles. The van der Waals surface area contributed by atoms with Crippen molar-refractivity contribution in [3.63, 3.8) is 0 Å². The second-order valence-corrected chi connectivity index (χ2v) is 9.85. The van der Waals surface area contributed by atoms with E-state index in [1.54, 1.807) is 0 Å². The van der Waals surface area contributed by atoms with Gasteiger partial charge in [-0.25, -0.2) is 0 Å². The summed E-state index contributed by atoms with van der Waals surface area (Å²) >= 11 is 5.68. The standard InChI is InChI=1S/C32H46O2S/c1-4-7-9-11-13-22-33-30-24-28(25-31(26-30)34-23-14-12-10-8-5-2)18-21-32(35)29-19-16-27(15-6-3)17-20-29/h16-21,24-26H,4-15,22-23H2,1-3H3. The van der Waals surface area contributed by atoms with Crippen molar-refractivity contribution < 1.29 is 9.47 Å². The average Bonchev–Trinajstić information content (AvgIpc) is 2.87. The molecule has 0 atom stereocenters. The lowest BCUT2D eigenvalue weighted by atomic mass is 10.1. The lowest BCUT2D eigenvalue weighted by Crippen LogP contribution is -2.01. The second-order valence-electron chi connectivity index (χ2n) is 9.41. The minimum Gasteiger partial charge on any atom is -0.493 e. The van der Waals surface area contributed by atoms with Gasteiger partial charge < -0.3 is 9.47 Å². The van der Waals surface area contributed by atoms with Gasteiger partial charge in [-0.15, -0.1) is 0 Å². The van der Waals surface area contributed by atoms with Gasteiger partial charge >= 0.3 is 0 Å². The maximum absolute atomic E-state index is 6.11. The fourth-order valence-electron chi connectivity index (χ4n) is 4.04. The third kappa shape index (κ3) is 12.4. The Hall–Kier alpha value is -2.13. The van der Waals surface area contributed by atoms with Crippen molar-refractivity contribution in [3.8, 4) is 11.5 Å². The molecule has 0 aromatic heterocycles. The Morgan fingerprint density at radius 3 is 1.74 bits per heavy atom.